The largest absolute Gasteiger partial charge is 0.598 e. The predicted molar refractivity (Wildman–Crippen MR) is 159 cm³/mol. The van der Waals surface area contributed by atoms with Crippen LogP contribution in [0.4, 0.5) is 5.82 Å². The zero-order valence-corrected chi connectivity index (χ0v) is 25.9. The summed E-state index contributed by atoms with van der Waals surface area (Å²) in [5.74, 6) is 0.260. The normalized spacial score (nSPS) is 22.1. The Labute approximate surface area is 244 Å². The number of nitrogens with zero attached hydrogens (tertiary/aromatic N) is 3. The van der Waals surface area contributed by atoms with Gasteiger partial charge < -0.3 is 14.2 Å². The van der Waals surface area contributed by atoms with Crippen LogP contribution in [0.15, 0.2) is 18.2 Å². The molecule has 216 valence electrons. The number of nitrogens with one attached hydrogen (secondary N) is 1. The Bertz CT molecular complexity index is 1240. The van der Waals surface area contributed by atoms with Crippen molar-refractivity contribution in [2.24, 2.45) is 5.41 Å². The Balaban J connectivity index is 1.65. The molecule has 4 rings (SSSR count). The van der Waals surface area contributed by atoms with E-state index in [1.165, 1.54) is 0 Å². The van der Waals surface area contributed by atoms with E-state index in [1.54, 1.807) is 32.0 Å². The SMILES string of the molecule is CCOC(=O)c1nc(-c2cccc(Cl)c2Cl)c(C)nc1N1CCC2(CC1)CS(O)(O)CC2N[S@+]([O-])C(C)(C)C. The van der Waals surface area contributed by atoms with Crippen molar-refractivity contribution in [2.45, 2.75) is 58.2 Å². The number of esters is 1. The number of halogens is 2. The van der Waals surface area contributed by atoms with E-state index >= 15 is 0 Å². The molecule has 3 N–H and O–H groups in total. The van der Waals surface area contributed by atoms with Gasteiger partial charge >= 0.3 is 5.97 Å². The molecule has 0 aliphatic carbocycles. The molecule has 0 amide bonds. The summed E-state index contributed by atoms with van der Waals surface area (Å²) in [5.41, 5.74) is 1.25. The summed E-state index contributed by atoms with van der Waals surface area (Å²) in [6.45, 7) is 10.4. The number of aryl methyl sites for hydroxylation is 1. The van der Waals surface area contributed by atoms with Gasteiger partial charge in [-0.3, -0.25) is 9.11 Å². The maximum atomic E-state index is 13.0. The molecule has 2 aromatic rings. The molecule has 2 fully saturated rings. The molecule has 9 nitrogen and oxygen atoms in total. The van der Waals surface area contributed by atoms with Crippen molar-refractivity contribution in [1.82, 2.24) is 14.7 Å². The standard InChI is InChI=1S/C26H36Cl2N4O5S2/c1-6-37-24(33)22-23(29-16(2)21(30-22)17-8-7-9-18(27)20(17)28)32-12-10-26(11-13-32)15-39(35,36)14-19(26)31-38(34)25(3,4)5/h7-9,19,31,35-36H,6,10-15H2,1-5H3/t19?,38-/m1/s1. The molecule has 2 aliphatic heterocycles. The minimum atomic E-state index is -2.80. The fraction of sp³-hybridized carbons (Fsp3) is 0.577. The molecular formula is C26H36Cl2N4O5S2. The molecular weight excluding hydrogens is 583 g/mol. The molecule has 3 heterocycles. The fourth-order valence-corrected chi connectivity index (χ4v) is 9.13. The topological polar surface area (TPSA) is 131 Å². The van der Waals surface area contributed by atoms with Crippen molar-refractivity contribution in [1.29, 1.82) is 0 Å². The van der Waals surface area contributed by atoms with Gasteiger partial charge in [-0.2, -0.15) is 10.6 Å². The van der Waals surface area contributed by atoms with Gasteiger partial charge in [-0.1, -0.05) is 35.3 Å². The first kappa shape index (κ1) is 30.6. The molecule has 1 aromatic heterocycles. The first-order valence-electron chi connectivity index (χ1n) is 12.8. The molecule has 1 spiro atoms. The molecule has 2 aliphatic rings. The zero-order valence-electron chi connectivity index (χ0n) is 22.8. The zero-order chi connectivity index (χ0) is 28.8. The first-order chi connectivity index (χ1) is 18.2. The highest BCUT2D eigenvalue weighted by atomic mass is 35.5. The molecule has 39 heavy (non-hydrogen) atoms. The quantitative estimate of drug-likeness (QED) is 0.275. The maximum absolute atomic E-state index is 13.0. The van der Waals surface area contributed by atoms with Crippen molar-refractivity contribution in [2.75, 3.05) is 36.1 Å². The molecule has 0 radical (unpaired) electrons. The number of carbonyl (C=O) groups excluding carboxylic acids is 1. The third-order valence-electron chi connectivity index (χ3n) is 7.28. The average molecular weight is 620 g/mol. The van der Waals surface area contributed by atoms with E-state index in [2.05, 4.69) is 9.71 Å². The van der Waals surface area contributed by atoms with E-state index < -0.39 is 38.1 Å². The summed E-state index contributed by atoms with van der Waals surface area (Å²) < 4.78 is 42.3. The summed E-state index contributed by atoms with van der Waals surface area (Å²) in [7, 11) is -2.80. The summed E-state index contributed by atoms with van der Waals surface area (Å²) in [6.07, 6.45) is 1.21. The third kappa shape index (κ3) is 6.46. The van der Waals surface area contributed by atoms with Crippen LogP contribution in [-0.4, -0.2) is 71.6 Å². The number of ether oxygens (including phenoxy) is 1. The van der Waals surface area contributed by atoms with Gasteiger partial charge in [-0.05, 0) is 53.5 Å². The van der Waals surface area contributed by atoms with Gasteiger partial charge in [0.1, 0.15) is 4.75 Å². The van der Waals surface area contributed by atoms with Crippen LogP contribution >= 0.6 is 33.8 Å². The number of hydrogen-bond donors (Lipinski definition) is 3. The van der Waals surface area contributed by atoms with E-state index in [9.17, 15) is 18.5 Å². The highest BCUT2D eigenvalue weighted by molar-refractivity contribution is 8.24. The van der Waals surface area contributed by atoms with Gasteiger partial charge in [0.05, 0.1) is 39.8 Å². The summed E-state index contributed by atoms with van der Waals surface area (Å²) in [4.78, 5) is 24.5. The molecule has 13 heteroatoms. The number of hydrogen-bond acceptors (Lipinski definition) is 9. The smallest absolute Gasteiger partial charge is 0.360 e. The lowest BCUT2D eigenvalue weighted by molar-refractivity contribution is 0.0519. The molecule has 1 unspecified atom stereocenters. The number of benzene rings is 1. The second-order valence-electron chi connectivity index (χ2n) is 11.2. The van der Waals surface area contributed by atoms with Gasteiger partial charge in [-0.25, -0.2) is 14.8 Å². The number of rotatable bonds is 6. The number of carbonyl (C=O) groups is 1. The lowest BCUT2D eigenvalue weighted by Crippen LogP contribution is -2.55. The number of piperidine rings is 1. The molecule has 1 aromatic carbocycles. The second kappa shape index (κ2) is 11.5. The maximum Gasteiger partial charge on any atom is 0.360 e. The average Bonchev–Trinajstić information content (AvgIpc) is 3.09. The van der Waals surface area contributed by atoms with E-state index in [0.717, 1.165) is 0 Å². The van der Waals surface area contributed by atoms with E-state index in [4.69, 9.17) is 32.9 Å². The van der Waals surface area contributed by atoms with Gasteiger partial charge in [0.25, 0.3) is 0 Å². The van der Waals surface area contributed by atoms with Crippen molar-refractivity contribution in [3.63, 3.8) is 0 Å². The lowest BCUT2D eigenvalue weighted by Gasteiger charge is -2.43. The minimum absolute atomic E-state index is 0.0867. The van der Waals surface area contributed by atoms with Crippen LogP contribution in [0.5, 0.6) is 0 Å². The van der Waals surface area contributed by atoms with E-state index in [-0.39, 0.29) is 29.8 Å². The van der Waals surface area contributed by atoms with Gasteiger partial charge in [-0.15, -0.1) is 4.72 Å². The number of anilines is 1. The second-order valence-corrected chi connectivity index (χ2v) is 16.2. The first-order valence-corrected chi connectivity index (χ1v) is 16.6. The van der Waals surface area contributed by atoms with Crippen LogP contribution in [0.1, 0.15) is 56.7 Å². The van der Waals surface area contributed by atoms with Crippen LogP contribution < -0.4 is 9.62 Å². The van der Waals surface area contributed by atoms with Crippen molar-refractivity contribution in [3.05, 3.63) is 39.6 Å². The van der Waals surface area contributed by atoms with Gasteiger partial charge in [0.15, 0.2) is 11.5 Å². The van der Waals surface area contributed by atoms with Crippen LogP contribution in [0.3, 0.4) is 0 Å². The molecule has 2 saturated heterocycles. The highest BCUT2D eigenvalue weighted by Crippen LogP contribution is 2.58. The Morgan fingerprint density at radius 3 is 2.56 bits per heavy atom. The minimum Gasteiger partial charge on any atom is -0.598 e. The monoisotopic (exact) mass is 618 g/mol. The Hall–Kier alpha value is -1.31. The molecule has 2 atom stereocenters. The van der Waals surface area contributed by atoms with Crippen molar-refractivity contribution < 1.29 is 23.2 Å². The summed E-state index contributed by atoms with van der Waals surface area (Å²) in [5, 5.41) is 0.696. The van der Waals surface area contributed by atoms with Crippen LogP contribution in [-0.2, 0) is 16.1 Å². The van der Waals surface area contributed by atoms with E-state index in [1.807, 2.05) is 25.7 Å². The fourth-order valence-electron chi connectivity index (χ4n) is 5.19. The van der Waals surface area contributed by atoms with Gasteiger partial charge in [0, 0.05) is 41.2 Å². The van der Waals surface area contributed by atoms with Crippen molar-refractivity contribution >= 4 is 56.9 Å². The van der Waals surface area contributed by atoms with Crippen molar-refractivity contribution in [3.8, 4) is 11.3 Å². The van der Waals surface area contributed by atoms with E-state index in [0.29, 0.717) is 58.7 Å². The Morgan fingerprint density at radius 2 is 1.95 bits per heavy atom. The van der Waals surface area contributed by atoms with Gasteiger partial charge in [0.2, 0.25) is 0 Å². The lowest BCUT2D eigenvalue weighted by atomic mass is 9.75. The predicted octanol–water partition coefficient (Wildman–Crippen LogP) is 5.71. The third-order valence-corrected chi connectivity index (χ3v) is 11.6. The Kier molecular flexibility index (Phi) is 9.05. The summed E-state index contributed by atoms with van der Waals surface area (Å²) in [6, 6.07) is 4.92. The molecule has 0 bridgehead atoms. The van der Waals surface area contributed by atoms with Crippen LogP contribution in [0.2, 0.25) is 10.0 Å². The Morgan fingerprint density at radius 1 is 1.28 bits per heavy atom. The molecule has 0 saturated carbocycles. The van der Waals surface area contributed by atoms with Crippen LogP contribution in [0, 0.1) is 12.3 Å². The highest BCUT2D eigenvalue weighted by Gasteiger charge is 2.54. The van der Waals surface area contributed by atoms with Crippen LogP contribution in [0.25, 0.3) is 11.3 Å². The number of aromatic nitrogens is 2. The summed E-state index contributed by atoms with van der Waals surface area (Å²) >= 11 is 11.3.